The van der Waals surface area contributed by atoms with Gasteiger partial charge in [-0.25, -0.2) is 0 Å². The second-order valence-corrected chi connectivity index (χ2v) is 4.74. The first-order valence-electron chi connectivity index (χ1n) is 7.03. The number of hydrogen-bond donors (Lipinski definition) is 0. The quantitative estimate of drug-likeness (QED) is 0.434. The number of esters is 2. The molecule has 0 aliphatic heterocycles. The molecule has 0 radical (unpaired) electrons. The monoisotopic (exact) mass is 278 g/mol. The Labute approximate surface area is 120 Å². The number of ether oxygens (including phenoxy) is 2. The average molecular weight is 278 g/mol. The molecule has 0 aromatic heterocycles. The fourth-order valence-electron chi connectivity index (χ4n) is 2.00. The summed E-state index contributed by atoms with van der Waals surface area (Å²) in [5, 5.41) is 0. The molecule has 1 aromatic rings. The van der Waals surface area contributed by atoms with Gasteiger partial charge in [-0.15, -0.1) is 0 Å². The number of para-hydroxylation sites is 1. The van der Waals surface area contributed by atoms with Gasteiger partial charge in [-0.1, -0.05) is 38.3 Å². The van der Waals surface area contributed by atoms with E-state index in [4.69, 9.17) is 9.47 Å². The van der Waals surface area contributed by atoms with Crippen LogP contribution < -0.4 is 9.47 Å². The standard InChI is InChI=1S/C16H22O4/c1-4-5-6-7-9-14-10-8-11-15(19-12(2)17)16(14)20-13(3)18/h8,10-11H,4-7,9H2,1-3H3. The maximum atomic E-state index is 11.2. The Kier molecular flexibility index (Phi) is 6.77. The largest absolute Gasteiger partial charge is 0.423 e. The fraction of sp³-hybridized carbons (Fsp3) is 0.500. The minimum Gasteiger partial charge on any atom is -0.423 e. The lowest BCUT2D eigenvalue weighted by Gasteiger charge is -2.13. The highest BCUT2D eigenvalue weighted by atomic mass is 16.6. The molecular formula is C16H22O4. The molecule has 4 heteroatoms. The molecule has 0 spiro atoms. The first-order chi connectivity index (χ1) is 9.54. The van der Waals surface area contributed by atoms with Gasteiger partial charge in [-0.3, -0.25) is 9.59 Å². The summed E-state index contributed by atoms with van der Waals surface area (Å²) < 4.78 is 10.3. The van der Waals surface area contributed by atoms with Crippen molar-refractivity contribution in [2.75, 3.05) is 0 Å². The predicted molar refractivity (Wildman–Crippen MR) is 76.9 cm³/mol. The molecule has 0 aliphatic rings. The molecule has 0 N–H and O–H groups in total. The Balaban J connectivity index is 2.90. The molecule has 0 aliphatic carbocycles. The van der Waals surface area contributed by atoms with Crippen LogP contribution in [-0.4, -0.2) is 11.9 Å². The van der Waals surface area contributed by atoms with Crippen LogP contribution >= 0.6 is 0 Å². The third-order valence-electron chi connectivity index (χ3n) is 2.86. The van der Waals surface area contributed by atoms with Crippen molar-refractivity contribution in [2.24, 2.45) is 0 Å². The first-order valence-corrected chi connectivity index (χ1v) is 7.03. The molecule has 0 fully saturated rings. The molecule has 0 atom stereocenters. The van der Waals surface area contributed by atoms with Gasteiger partial charge < -0.3 is 9.47 Å². The topological polar surface area (TPSA) is 52.6 Å². The highest BCUT2D eigenvalue weighted by Crippen LogP contribution is 2.32. The molecule has 20 heavy (non-hydrogen) atoms. The lowest BCUT2D eigenvalue weighted by Crippen LogP contribution is -2.09. The van der Waals surface area contributed by atoms with Gasteiger partial charge in [-0.05, 0) is 24.5 Å². The van der Waals surface area contributed by atoms with Crippen LogP contribution in [0.3, 0.4) is 0 Å². The van der Waals surface area contributed by atoms with E-state index in [0.29, 0.717) is 11.5 Å². The summed E-state index contributed by atoms with van der Waals surface area (Å²) in [5.74, 6) is -0.173. The first kappa shape index (κ1) is 16.2. The minimum absolute atomic E-state index is 0.306. The van der Waals surface area contributed by atoms with E-state index in [0.717, 1.165) is 24.8 Å². The Hall–Kier alpha value is -1.84. The van der Waals surface area contributed by atoms with Crippen molar-refractivity contribution in [1.29, 1.82) is 0 Å². The Morgan fingerprint density at radius 1 is 1.00 bits per heavy atom. The van der Waals surface area contributed by atoms with Crippen molar-refractivity contribution in [1.82, 2.24) is 0 Å². The summed E-state index contributed by atoms with van der Waals surface area (Å²) in [7, 11) is 0. The second kappa shape index (κ2) is 8.35. The van der Waals surface area contributed by atoms with Crippen molar-refractivity contribution < 1.29 is 19.1 Å². The van der Waals surface area contributed by atoms with Crippen LogP contribution in [0.4, 0.5) is 0 Å². The van der Waals surface area contributed by atoms with E-state index >= 15 is 0 Å². The van der Waals surface area contributed by atoms with Gasteiger partial charge in [-0.2, -0.15) is 0 Å². The number of carbonyl (C=O) groups is 2. The van der Waals surface area contributed by atoms with E-state index in [-0.39, 0.29) is 0 Å². The van der Waals surface area contributed by atoms with Gasteiger partial charge in [0.25, 0.3) is 0 Å². The van der Waals surface area contributed by atoms with Gasteiger partial charge in [0.2, 0.25) is 0 Å². The summed E-state index contributed by atoms with van der Waals surface area (Å²) in [5.41, 5.74) is 0.898. The number of rotatable bonds is 7. The molecule has 0 bridgehead atoms. The molecule has 0 amide bonds. The van der Waals surface area contributed by atoms with E-state index in [1.54, 1.807) is 12.1 Å². The lowest BCUT2D eigenvalue weighted by atomic mass is 10.0. The molecular weight excluding hydrogens is 256 g/mol. The number of unbranched alkanes of at least 4 members (excludes halogenated alkanes) is 3. The van der Waals surface area contributed by atoms with E-state index in [9.17, 15) is 9.59 Å². The van der Waals surface area contributed by atoms with E-state index in [2.05, 4.69) is 6.92 Å². The minimum atomic E-state index is -0.429. The van der Waals surface area contributed by atoms with Gasteiger partial charge in [0.1, 0.15) is 0 Å². The zero-order chi connectivity index (χ0) is 15.0. The van der Waals surface area contributed by atoms with Crippen molar-refractivity contribution >= 4 is 11.9 Å². The number of benzene rings is 1. The number of carbonyl (C=O) groups excluding carboxylic acids is 2. The SMILES string of the molecule is CCCCCCc1cccc(OC(C)=O)c1OC(C)=O. The van der Waals surface area contributed by atoms with Gasteiger partial charge in [0.05, 0.1) is 0 Å². The second-order valence-electron chi connectivity index (χ2n) is 4.74. The van der Waals surface area contributed by atoms with Crippen molar-refractivity contribution in [3.8, 4) is 11.5 Å². The van der Waals surface area contributed by atoms with Gasteiger partial charge >= 0.3 is 11.9 Å². The Morgan fingerprint density at radius 2 is 1.70 bits per heavy atom. The smallest absolute Gasteiger partial charge is 0.308 e. The van der Waals surface area contributed by atoms with Crippen LogP contribution in [0.5, 0.6) is 11.5 Å². The molecule has 110 valence electrons. The van der Waals surface area contributed by atoms with Crippen LogP contribution in [-0.2, 0) is 16.0 Å². The molecule has 0 unspecified atom stereocenters. The Bertz CT molecular complexity index is 466. The molecule has 1 rings (SSSR count). The van der Waals surface area contributed by atoms with E-state index in [1.807, 2.05) is 6.07 Å². The normalized spacial score (nSPS) is 10.2. The molecule has 4 nitrogen and oxygen atoms in total. The van der Waals surface area contributed by atoms with Gasteiger partial charge in [0, 0.05) is 13.8 Å². The van der Waals surface area contributed by atoms with Gasteiger partial charge in [0.15, 0.2) is 11.5 Å². The maximum absolute atomic E-state index is 11.2. The van der Waals surface area contributed by atoms with E-state index < -0.39 is 11.9 Å². The predicted octanol–water partition coefficient (Wildman–Crippen LogP) is 3.66. The number of aryl methyl sites for hydroxylation is 1. The average Bonchev–Trinajstić information content (AvgIpc) is 2.37. The Morgan fingerprint density at radius 3 is 2.30 bits per heavy atom. The zero-order valence-electron chi connectivity index (χ0n) is 12.4. The highest BCUT2D eigenvalue weighted by Gasteiger charge is 2.14. The highest BCUT2D eigenvalue weighted by molar-refractivity contribution is 5.74. The fourth-order valence-corrected chi connectivity index (χ4v) is 2.00. The summed E-state index contributed by atoms with van der Waals surface area (Å²) in [6.07, 6.45) is 5.31. The summed E-state index contributed by atoms with van der Waals surface area (Å²) in [6, 6.07) is 5.34. The summed E-state index contributed by atoms with van der Waals surface area (Å²) in [4.78, 5) is 22.3. The third-order valence-corrected chi connectivity index (χ3v) is 2.86. The number of hydrogen-bond acceptors (Lipinski definition) is 4. The molecule has 1 aromatic carbocycles. The molecule has 0 saturated carbocycles. The van der Waals surface area contributed by atoms with Crippen molar-refractivity contribution in [2.45, 2.75) is 52.9 Å². The van der Waals surface area contributed by atoms with Crippen LogP contribution in [0, 0.1) is 0 Å². The van der Waals surface area contributed by atoms with Crippen LogP contribution in [0.25, 0.3) is 0 Å². The zero-order valence-corrected chi connectivity index (χ0v) is 12.4. The van der Waals surface area contributed by atoms with Crippen LogP contribution in [0.1, 0.15) is 52.0 Å². The molecule has 0 heterocycles. The summed E-state index contributed by atoms with van der Waals surface area (Å²) in [6.45, 7) is 4.82. The van der Waals surface area contributed by atoms with Crippen molar-refractivity contribution in [3.05, 3.63) is 23.8 Å². The molecule has 0 saturated heterocycles. The van der Waals surface area contributed by atoms with Crippen molar-refractivity contribution in [3.63, 3.8) is 0 Å². The lowest BCUT2D eigenvalue weighted by molar-refractivity contribution is -0.134. The van der Waals surface area contributed by atoms with Crippen LogP contribution in [0.15, 0.2) is 18.2 Å². The van der Waals surface area contributed by atoms with Crippen LogP contribution in [0.2, 0.25) is 0 Å². The maximum Gasteiger partial charge on any atom is 0.308 e. The summed E-state index contributed by atoms with van der Waals surface area (Å²) >= 11 is 0. The third kappa shape index (κ3) is 5.43. The van der Waals surface area contributed by atoms with E-state index in [1.165, 1.54) is 26.7 Å².